The summed E-state index contributed by atoms with van der Waals surface area (Å²) in [5, 5.41) is 1.22. The van der Waals surface area contributed by atoms with Crippen LogP contribution >= 0.6 is 12.2 Å². The van der Waals surface area contributed by atoms with Gasteiger partial charge in [-0.1, -0.05) is 12.1 Å². The zero-order valence-electron chi connectivity index (χ0n) is 10.9. The molecule has 0 fully saturated rings. The standard InChI is InChI=1S/C16H12N2OS/c1-9-6-12-7-10(2-4-13(12)17-9)11-3-5-15-14(8-11)18-16(20)19-15/h2-8,17H,1H3,(H,18,20). The van der Waals surface area contributed by atoms with Crippen molar-refractivity contribution in [3.63, 3.8) is 0 Å². The van der Waals surface area contributed by atoms with Crippen LogP contribution in [-0.2, 0) is 0 Å². The van der Waals surface area contributed by atoms with E-state index in [1.54, 1.807) is 0 Å². The zero-order valence-corrected chi connectivity index (χ0v) is 11.7. The number of oxazole rings is 1. The molecule has 2 aromatic carbocycles. The number of fused-ring (bicyclic) bond motifs is 2. The Bertz CT molecular complexity index is 990. The van der Waals surface area contributed by atoms with E-state index in [0.717, 1.165) is 22.2 Å². The minimum atomic E-state index is 0.411. The average molecular weight is 280 g/mol. The van der Waals surface area contributed by atoms with Crippen LogP contribution in [0.1, 0.15) is 5.69 Å². The van der Waals surface area contributed by atoms with Gasteiger partial charge in [0.2, 0.25) is 0 Å². The van der Waals surface area contributed by atoms with Gasteiger partial charge in [0.1, 0.15) is 0 Å². The number of nitrogens with one attached hydrogen (secondary N) is 2. The second-order valence-corrected chi connectivity index (χ2v) is 5.35. The van der Waals surface area contributed by atoms with Crippen LogP contribution in [0.25, 0.3) is 33.1 Å². The predicted molar refractivity (Wildman–Crippen MR) is 83.4 cm³/mol. The van der Waals surface area contributed by atoms with Crippen molar-refractivity contribution >= 4 is 34.2 Å². The van der Waals surface area contributed by atoms with Crippen molar-refractivity contribution in [1.29, 1.82) is 0 Å². The highest BCUT2D eigenvalue weighted by Gasteiger charge is 2.05. The fourth-order valence-electron chi connectivity index (χ4n) is 2.59. The second kappa shape index (κ2) is 4.08. The third kappa shape index (κ3) is 1.77. The van der Waals surface area contributed by atoms with Gasteiger partial charge in [-0.05, 0) is 60.6 Å². The monoisotopic (exact) mass is 280 g/mol. The van der Waals surface area contributed by atoms with Crippen LogP contribution in [0.2, 0.25) is 0 Å². The summed E-state index contributed by atoms with van der Waals surface area (Å²) in [7, 11) is 0. The maximum absolute atomic E-state index is 5.39. The maximum atomic E-state index is 5.39. The van der Waals surface area contributed by atoms with Gasteiger partial charge in [0, 0.05) is 16.6 Å². The molecule has 0 aliphatic rings. The topological polar surface area (TPSA) is 44.7 Å². The minimum Gasteiger partial charge on any atom is -0.429 e. The van der Waals surface area contributed by atoms with Crippen LogP contribution in [-0.4, -0.2) is 9.97 Å². The number of benzene rings is 2. The highest BCUT2D eigenvalue weighted by molar-refractivity contribution is 7.71. The molecule has 20 heavy (non-hydrogen) atoms. The van der Waals surface area contributed by atoms with Crippen LogP contribution in [0.3, 0.4) is 0 Å². The minimum absolute atomic E-state index is 0.411. The van der Waals surface area contributed by atoms with Crippen LogP contribution < -0.4 is 0 Å². The van der Waals surface area contributed by atoms with Crippen molar-refractivity contribution in [2.75, 3.05) is 0 Å². The van der Waals surface area contributed by atoms with Crippen molar-refractivity contribution < 1.29 is 4.42 Å². The normalized spacial score (nSPS) is 11.4. The first-order valence-electron chi connectivity index (χ1n) is 6.42. The maximum Gasteiger partial charge on any atom is 0.266 e. The van der Waals surface area contributed by atoms with E-state index in [-0.39, 0.29) is 0 Å². The molecule has 0 amide bonds. The van der Waals surface area contributed by atoms with Gasteiger partial charge in [0.15, 0.2) is 5.58 Å². The van der Waals surface area contributed by atoms with E-state index in [1.165, 1.54) is 16.6 Å². The Balaban J connectivity index is 1.92. The highest BCUT2D eigenvalue weighted by atomic mass is 32.1. The number of aryl methyl sites for hydroxylation is 1. The molecule has 0 aliphatic carbocycles. The average Bonchev–Trinajstić information content (AvgIpc) is 2.97. The van der Waals surface area contributed by atoms with Crippen molar-refractivity contribution in [3.8, 4) is 11.1 Å². The van der Waals surface area contributed by atoms with Gasteiger partial charge >= 0.3 is 0 Å². The summed E-state index contributed by atoms with van der Waals surface area (Å²) < 4.78 is 5.39. The lowest BCUT2D eigenvalue weighted by atomic mass is 10.0. The Morgan fingerprint density at radius 3 is 2.60 bits per heavy atom. The third-order valence-corrected chi connectivity index (χ3v) is 3.69. The SMILES string of the molecule is Cc1cc2cc(-c3ccc4oc(=S)[nH]c4c3)ccc2[nH]1. The van der Waals surface area contributed by atoms with E-state index in [9.17, 15) is 0 Å². The molecule has 0 atom stereocenters. The molecule has 4 rings (SSSR count). The molecule has 0 saturated carbocycles. The first kappa shape index (κ1) is 11.5. The predicted octanol–water partition coefficient (Wildman–Crippen LogP) is 4.95. The van der Waals surface area contributed by atoms with Crippen molar-refractivity contribution in [2.24, 2.45) is 0 Å². The second-order valence-electron chi connectivity index (χ2n) is 4.98. The van der Waals surface area contributed by atoms with E-state index in [0.29, 0.717) is 4.84 Å². The largest absolute Gasteiger partial charge is 0.429 e. The van der Waals surface area contributed by atoms with Gasteiger partial charge in [-0.2, -0.15) is 0 Å². The number of hydrogen-bond donors (Lipinski definition) is 2. The zero-order chi connectivity index (χ0) is 13.7. The first-order chi connectivity index (χ1) is 9.69. The lowest BCUT2D eigenvalue weighted by molar-refractivity contribution is 0.583. The molecule has 0 unspecified atom stereocenters. The lowest BCUT2D eigenvalue weighted by Gasteiger charge is -2.02. The summed E-state index contributed by atoms with van der Waals surface area (Å²) in [6.07, 6.45) is 0. The van der Waals surface area contributed by atoms with E-state index >= 15 is 0 Å². The van der Waals surface area contributed by atoms with E-state index in [4.69, 9.17) is 16.6 Å². The Labute approximate surface area is 120 Å². The van der Waals surface area contributed by atoms with Gasteiger partial charge in [-0.3, -0.25) is 0 Å². The van der Waals surface area contributed by atoms with Gasteiger partial charge in [0.05, 0.1) is 5.52 Å². The van der Waals surface area contributed by atoms with Gasteiger partial charge < -0.3 is 14.4 Å². The molecule has 4 aromatic rings. The summed E-state index contributed by atoms with van der Waals surface area (Å²) in [6, 6.07) is 14.6. The number of hydrogen-bond acceptors (Lipinski definition) is 2. The summed E-state index contributed by atoms with van der Waals surface area (Å²) in [5.41, 5.74) is 6.38. The van der Waals surface area contributed by atoms with E-state index in [1.807, 2.05) is 6.07 Å². The molecule has 0 bridgehead atoms. The quantitative estimate of drug-likeness (QED) is 0.485. The molecule has 0 saturated heterocycles. The Morgan fingerprint density at radius 1 is 0.900 bits per heavy atom. The molecule has 98 valence electrons. The Hall–Kier alpha value is -2.33. The van der Waals surface area contributed by atoms with Crippen molar-refractivity contribution in [1.82, 2.24) is 9.97 Å². The van der Waals surface area contributed by atoms with Gasteiger partial charge in [-0.25, -0.2) is 0 Å². The van der Waals surface area contributed by atoms with E-state index in [2.05, 4.69) is 53.3 Å². The van der Waals surface area contributed by atoms with Crippen LogP contribution in [0, 0.1) is 11.8 Å². The summed E-state index contributed by atoms with van der Waals surface area (Å²) in [5.74, 6) is 0. The van der Waals surface area contributed by atoms with Crippen LogP contribution in [0.4, 0.5) is 0 Å². The molecule has 0 radical (unpaired) electrons. The summed E-state index contributed by atoms with van der Waals surface area (Å²) in [4.78, 5) is 6.80. The molecule has 2 heterocycles. The third-order valence-electron chi connectivity index (χ3n) is 3.51. The molecule has 2 N–H and O–H groups in total. The molecule has 2 aromatic heterocycles. The lowest BCUT2D eigenvalue weighted by Crippen LogP contribution is -1.78. The van der Waals surface area contributed by atoms with Gasteiger partial charge in [-0.15, -0.1) is 0 Å². The molecule has 0 aliphatic heterocycles. The fourth-order valence-corrected chi connectivity index (χ4v) is 2.79. The fraction of sp³-hybridized carbons (Fsp3) is 0.0625. The smallest absolute Gasteiger partial charge is 0.266 e. The van der Waals surface area contributed by atoms with E-state index < -0.39 is 0 Å². The van der Waals surface area contributed by atoms with Crippen LogP contribution in [0.15, 0.2) is 46.9 Å². The van der Waals surface area contributed by atoms with Gasteiger partial charge in [0.25, 0.3) is 4.84 Å². The number of rotatable bonds is 1. The number of aromatic amines is 2. The highest BCUT2D eigenvalue weighted by Crippen LogP contribution is 2.27. The first-order valence-corrected chi connectivity index (χ1v) is 6.82. The molecule has 0 spiro atoms. The number of H-pyrrole nitrogens is 2. The molecular weight excluding hydrogens is 268 g/mol. The molecular formula is C16H12N2OS. The molecule has 3 nitrogen and oxygen atoms in total. The Morgan fingerprint density at radius 2 is 1.70 bits per heavy atom. The molecule has 4 heteroatoms. The van der Waals surface area contributed by atoms with Crippen LogP contribution in [0.5, 0.6) is 0 Å². The summed E-state index contributed by atoms with van der Waals surface area (Å²) in [6.45, 7) is 2.07. The summed E-state index contributed by atoms with van der Waals surface area (Å²) >= 11 is 5.01. The van der Waals surface area contributed by atoms with Crippen molar-refractivity contribution in [3.05, 3.63) is 53.0 Å². The number of aromatic nitrogens is 2. The Kier molecular flexibility index (Phi) is 2.35. The van der Waals surface area contributed by atoms with Crippen molar-refractivity contribution in [2.45, 2.75) is 6.92 Å².